The normalized spacial score (nSPS) is 22.0. The molecule has 206 valence electrons. The van der Waals surface area contributed by atoms with E-state index in [1.54, 1.807) is 35.7 Å². The van der Waals surface area contributed by atoms with Gasteiger partial charge in [0.25, 0.3) is 20.1 Å². The Morgan fingerprint density at radius 3 is 2.69 bits per heavy atom. The zero-order valence-corrected chi connectivity index (χ0v) is 23.5. The first-order valence-electron chi connectivity index (χ1n) is 12.9. The molecule has 2 fully saturated rings. The first kappa shape index (κ1) is 27.6. The van der Waals surface area contributed by atoms with Crippen LogP contribution in [0.3, 0.4) is 0 Å². The number of phosphoric acid groups is 1. The quantitative estimate of drug-likeness (QED) is 0.255. The molecule has 5 rings (SSSR count). The van der Waals surface area contributed by atoms with Gasteiger partial charge in [0.2, 0.25) is 0 Å². The number of aromatic nitrogens is 2. The van der Waals surface area contributed by atoms with Crippen LogP contribution in [0.2, 0.25) is 5.02 Å². The van der Waals surface area contributed by atoms with Crippen molar-refractivity contribution >= 4 is 31.4 Å². The summed E-state index contributed by atoms with van der Waals surface area (Å²) in [7, 11) is -3.27. The molecule has 1 N–H and O–H groups in total. The van der Waals surface area contributed by atoms with E-state index in [0.29, 0.717) is 10.8 Å². The maximum absolute atomic E-state index is 13.8. The molecule has 1 aromatic heterocycles. The Labute approximate surface area is 232 Å². The van der Waals surface area contributed by atoms with Crippen LogP contribution in [0, 0.1) is 6.92 Å². The smallest absolute Gasteiger partial charge is 0.268 e. The van der Waals surface area contributed by atoms with E-state index in [0.717, 1.165) is 60.2 Å². The lowest BCUT2D eigenvalue weighted by Crippen LogP contribution is -2.49. The molecule has 0 aliphatic carbocycles. The fourth-order valence-corrected chi connectivity index (χ4v) is 5.96. The first-order valence-corrected chi connectivity index (χ1v) is 14.7. The third-order valence-electron chi connectivity index (χ3n) is 7.48. The van der Waals surface area contributed by atoms with E-state index in [4.69, 9.17) is 21.2 Å². The lowest BCUT2D eigenvalue weighted by molar-refractivity contribution is -0.596. The van der Waals surface area contributed by atoms with Crippen LogP contribution in [0.4, 0.5) is 0 Å². The van der Waals surface area contributed by atoms with Crippen LogP contribution < -0.4 is 14.2 Å². The number of hydrogen-bond donors (Lipinski definition) is 1. The molecule has 1 unspecified atom stereocenters. The number of amides is 1. The number of hydrogen-bond acceptors (Lipinski definition) is 5. The minimum Gasteiger partial charge on any atom is -0.756 e. The summed E-state index contributed by atoms with van der Waals surface area (Å²) >= 11 is 6.11. The van der Waals surface area contributed by atoms with E-state index < -0.39 is 7.82 Å². The van der Waals surface area contributed by atoms with Gasteiger partial charge in [0.15, 0.2) is 18.2 Å². The highest BCUT2D eigenvalue weighted by atomic mass is 35.5. The van der Waals surface area contributed by atoms with Crippen LogP contribution >= 0.6 is 19.4 Å². The highest BCUT2D eigenvalue weighted by molar-refractivity contribution is 7.44. The largest absolute Gasteiger partial charge is 0.756 e. The first-order chi connectivity index (χ1) is 18.6. The Morgan fingerprint density at radius 1 is 1.21 bits per heavy atom. The maximum Gasteiger partial charge on any atom is 0.268 e. The van der Waals surface area contributed by atoms with Crippen molar-refractivity contribution in [1.29, 1.82) is 0 Å². The molecule has 11 heteroatoms. The lowest BCUT2D eigenvalue weighted by Gasteiger charge is -2.46. The van der Waals surface area contributed by atoms with Crippen molar-refractivity contribution < 1.29 is 33.0 Å². The van der Waals surface area contributed by atoms with Gasteiger partial charge in [-0.2, -0.15) is 4.57 Å². The molecule has 2 aliphatic rings. The molecule has 39 heavy (non-hydrogen) atoms. The van der Waals surface area contributed by atoms with Crippen LogP contribution in [0.5, 0.6) is 5.75 Å². The Hall–Kier alpha value is -2.94. The predicted octanol–water partition coefficient (Wildman–Crippen LogP) is 4.47. The number of carbonyl (C=O) groups excluding carboxylic acids is 1. The van der Waals surface area contributed by atoms with E-state index in [-0.39, 0.29) is 24.7 Å². The third kappa shape index (κ3) is 6.13. The summed E-state index contributed by atoms with van der Waals surface area (Å²) in [4.78, 5) is 35.7. The molecule has 3 atom stereocenters. The second-order valence-electron chi connectivity index (χ2n) is 9.99. The van der Waals surface area contributed by atoms with Crippen LogP contribution in [0.15, 0.2) is 60.6 Å². The van der Waals surface area contributed by atoms with Crippen LogP contribution in [-0.2, 0) is 20.6 Å². The van der Waals surface area contributed by atoms with Gasteiger partial charge in [-0.05, 0) is 73.6 Å². The van der Waals surface area contributed by atoms with Crippen molar-refractivity contribution in [3.63, 3.8) is 0 Å². The zero-order valence-electron chi connectivity index (χ0n) is 21.8. The highest BCUT2D eigenvalue weighted by Crippen LogP contribution is 2.41. The van der Waals surface area contributed by atoms with Crippen molar-refractivity contribution in [3.05, 3.63) is 82.4 Å². The summed E-state index contributed by atoms with van der Waals surface area (Å²) in [5.74, 6) is 0.665. The number of phosphoric ester groups is 1. The Kier molecular flexibility index (Phi) is 7.99. The Bertz CT molecular complexity index is 1450. The van der Waals surface area contributed by atoms with Crippen LogP contribution in [-0.4, -0.2) is 33.4 Å². The number of carbonyl (C=O) groups is 1. The van der Waals surface area contributed by atoms with Gasteiger partial charge in [0, 0.05) is 23.6 Å². The van der Waals surface area contributed by atoms with Gasteiger partial charge < -0.3 is 19.4 Å². The molecule has 2 aromatic carbocycles. The number of halogens is 1. The van der Waals surface area contributed by atoms with Crippen molar-refractivity contribution in [3.8, 4) is 11.4 Å². The number of fused-ring (bicyclic) bond motifs is 1. The number of methoxy groups -OCH3 is 1. The van der Waals surface area contributed by atoms with Gasteiger partial charge in [-0.1, -0.05) is 29.8 Å². The average Bonchev–Trinajstić information content (AvgIpc) is 3.29. The van der Waals surface area contributed by atoms with Gasteiger partial charge in [0.05, 0.1) is 13.2 Å². The van der Waals surface area contributed by atoms with Crippen molar-refractivity contribution in [2.75, 3.05) is 7.11 Å². The molecule has 1 amide bonds. The van der Waals surface area contributed by atoms with E-state index in [1.165, 1.54) is 0 Å². The number of aryl methyl sites for hydroxylation is 1. The van der Waals surface area contributed by atoms with Gasteiger partial charge in [-0.15, -0.1) is 0 Å². The fraction of sp³-hybridized carbons (Fsp3) is 0.357. The molecule has 3 heterocycles. The van der Waals surface area contributed by atoms with E-state index in [9.17, 15) is 14.3 Å². The molecular formula is C28H31ClN3O6P. The standard InChI is InChI=1S/C28H31ClN3O6P/c1-19-16-30(17-31(19)18-38-39(34,35)36)26-13-6-20(15-27(26)37-2)14-22-9-12-24-4-3-5-25(32(24)28(22)33)21-7-10-23(29)11-8-21/h6-8,10-11,13-17,24-25H,3-5,9,12,18H2,1-2H3,(H-,34,35,36)/b22-14+/t24-,25+/m1/s1. The van der Waals surface area contributed by atoms with Gasteiger partial charge >= 0.3 is 0 Å². The minimum atomic E-state index is -4.84. The SMILES string of the molecule is COc1cc(/C=C2\CC[C@H]3CCC[C@@H](c4ccc(Cl)cc4)N3C2=O)ccc1-[n+]1cc(C)n(COP(=O)([O-])O)c1. The molecule has 2 saturated heterocycles. The minimum absolute atomic E-state index is 0.0446. The van der Waals surface area contributed by atoms with Crippen molar-refractivity contribution in [1.82, 2.24) is 9.47 Å². The van der Waals surface area contributed by atoms with Crippen LogP contribution in [0.1, 0.15) is 55.0 Å². The number of imidazole rings is 1. The van der Waals surface area contributed by atoms with Crippen LogP contribution in [0.25, 0.3) is 11.8 Å². The second-order valence-corrected chi connectivity index (χ2v) is 11.6. The second kappa shape index (κ2) is 11.3. The monoisotopic (exact) mass is 571 g/mol. The summed E-state index contributed by atoms with van der Waals surface area (Å²) in [6.07, 6.45) is 10.1. The van der Waals surface area contributed by atoms with Gasteiger partial charge in [-0.3, -0.25) is 13.9 Å². The molecule has 0 saturated carbocycles. The summed E-state index contributed by atoms with van der Waals surface area (Å²) in [5.41, 5.74) is 4.19. The molecule has 3 aromatic rings. The fourth-order valence-electron chi connectivity index (χ4n) is 5.56. The van der Waals surface area contributed by atoms with Crippen molar-refractivity contribution in [2.45, 2.75) is 57.8 Å². The molecular weight excluding hydrogens is 541 g/mol. The average molecular weight is 572 g/mol. The lowest BCUT2D eigenvalue weighted by atomic mass is 9.84. The molecule has 0 spiro atoms. The molecule has 0 radical (unpaired) electrons. The predicted molar refractivity (Wildman–Crippen MR) is 144 cm³/mol. The summed E-state index contributed by atoms with van der Waals surface area (Å²) in [6, 6.07) is 13.8. The summed E-state index contributed by atoms with van der Waals surface area (Å²) in [6.45, 7) is 1.44. The number of rotatable bonds is 7. The highest BCUT2D eigenvalue weighted by Gasteiger charge is 2.39. The Balaban J connectivity index is 1.40. The molecule has 2 aliphatic heterocycles. The number of ether oxygens (including phenoxy) is 1. The molecule has 0 bridgehead atoms. The van der Waals surface area contributed by atoms with E-state index in [1.807, 2.05) is 48.5 Å². The van der Waals surface area contributed by atoms with Gasteiger partial charge in [-0.25, -0.2) is 4.57 Å². The third-order valence-corrected chi connectivity index (χ3v) is 8.17. The van der Waals surface area contributed by atoms with E-state index >= 15 is 0 Å². The van der Waals surface area contributed by atoms with Crippen molar-refractivity contribution in [2.24, 2.45) is 0 Å². The number of nitrogens with zero attached hydrogens (tertiary/aromatic N) is 3. The number of benzene rings is 2. The molecule has 9 nitrogen and oxygen atoms in total. The zero-order chi connectivity index (χ0) is 27.7. The maximum atomic E-state index is 13.8. The van der Waals surface area contributed by atoms with E-state index in [2.05, 4.69) is 9.42 Å². The van der Waals surface area contributed by atoms with Gasteiger partial charge in [0.1, 0.15) is 11.9 Å². The summed E-state index contributed by atoms with van der Waals surface area (Å²) < 4.78 is 24.5. The Morgan fingerprint density at radius 2 is 1.97 bits per heavy atom. The topological polar surface area (TPSA) is 108 Å². The number of piperidine rings is 2. The summed E-state index contributed by atoms with van der Waals surface area (Å²) in [5, 5.41) is 0.686.